The molecule has 8 atom stereocenters. The Labute approximate surface area is 206 Å². The van der Waals surface area contributed by atoms with Crippen LogP contribution in [0.4, 0.5) is 0 Å². The van der Waals surface area contributed by atoms with Crippen molar-refractivity contribution < 1.29 is 5.11 Å². The number of unbranched alkanes of at least 4 members (excludes halogenated alkanes) is 2. The second-order valence-corrected chi connectivity index (χ2v) is 14.1. The van der Waals surface area contributed by atoms with Crippen LogP contribution in [0.2, 0.25) is 0 Å². The number of hydrogen-bond donors (Lipinski definition) is 1. The highest BCUT2D eigenvalue weighted by Crippen LogP contribution is 2.68. The summed E-state index contributed by atoms with van der Waals surface area (Å²) in [4.78, 5) is 0. The molecule has 3 saturated carbocycles. The van der Waals surface area contributed by atoms with E-state index >= 15 is 0 Å². The maximum atomic E-state index is 11.4. The number of aliphatic hydroxyl groups is 1. The summed E-state index contributed by atoms with van der Waals surface area (Å²) in [5, 5.41) is 11.4. The van der Waals surface area contributed by atoms with Crippen molar-refractivity contribution in [3.8, 4) is 0 Å². The third-order valence-corrected chi connectivity index (χ3v) is 11.7. The summed E-state index contributed by atoms with van der Waals surface area (Å²) in [6, 6.07) is 0. The van der Waals surface area contributed by atoms with Gasteiger partial charge in [0.15, 0.2) is 0 Å². The molecule has 0 aromatic rings. The van der Waals surface area contributed by atoms with Crippen molar-refractivity contribution in [1.29, 1.82) is 0 Å². The van der Waals surface area contributed by atoms with E-state index in [1.54, 1.807) is 5.57 Å². The molecule has 3 fully saturated rings. The summed E-state index contributed by atoms with van der Waals surface area (Å²) in [6.07, 6.45) is 22.0. The molecule has 0 bridgehead atoms. The molecule has 0 amide bonds. The highest BCUT2D eigenvalue weighted by Gasteiger charge is 2.59. The van der Waals surface area contributed by atoms with Crippen LogP contribution >= 0.6 is 0 Å². The SMILES string of the molecule is CCCCCC1(O)CC[C@@]2(C)C(=CC[C@H]3[C@@H]4CC[C@H]([C@H](C)CCCC(C)C)[C@@]4(C)CC[C@@H]32)C1. The first-order valence-corrected chi connectivity index (χ1v) is 15.0. The third kappa shape index (κ3) is 4.88. The lowest BCUT2D eigenvalue weighted by Gasteiger charge is -2.59. The van der Waals surface area contributed by atoms with Crippen LogP contribution in [0.3, 0.4) is 0 Å². The zero-order valence-electron chi connectivity index (χ0n) is 23.1. The summed E-state index contributed by atoms with van der Waals surface area (Å²) in [6.45, 7) is 14.9. The first kappa shape index (κ1) is 25.8. The van der Waals surface area contributed by atoms with Gasteiger partial charge in [0.25, 0.3) is 0 Å². The van der Waals surface area contributed by atoms with E-state index < -0.39 is 5.60 Å². The van der Waals surface area contributed by atoms with E-state index in [4.69, 9.17) is 0 Å². The summed E-state index contributed by atoms with van der Waals surface area (Å²) >= 11 is 0. The van der Waals surface area contributed by atoms with Crippen molar-refractivity contribution in [2.24, 2.45) is 46.3 Å². The fourth-order valence-corrected chi connectivity index (χ4v) is 9.65. The predicted octanol–water partition coefficient (Wildman–Crippen LogP) is 9.34. The van der Waals surface area contributed by atoms with E-state index in [0.29, 0.717) is 10.8 Å². The molecule has 0 aliphatic heterocycles. The lowest BCUT2D eigenvalue weighted by atomic mass is 9.46. The predicted molar refractivity (Wildman–Crippen MR) is 142 cm³/mol. The Morgan fingerprint density at radius 1 is 0.939 bits per heavy atom. The minimum Gasteiger partial charge on any atom is -0.390 e. The molecule has 0 aromatic heterocycles. The molecule has 4 rings (SSSR count). The van der Waals surface area contributed by atoms with Gasteiger partial charge >= 0.3 is 0 Å². The zero-order valence-corrected chi connectivity index (χ0v) is 23.1. The second kappa shape index (κ2) is 9.99. The van der Waals surface area contributed by atoms with Crippen LogP contribution in [-0.4, -0.2) is 10.7 Å². The van der Waals surface area contributed by atoms with Gasteiger partial charge in [0, 0.05) is 0 Å². The second-order valence-electron chi connectivity index (χ2n) is 14.1. The van der Waals surface area contributed by atoms with E-state index in [2.05, 4.69) is 47.6 Å². The highest BCUT2D eigenvalue weighted by atomic mass is 16.3. The minimum absolute atomic E-state index is 0.363. The van der Waals surface area contributed by atoms with Gasteiger partial charge in [-0.3, -0.25) is 0 Å². The standard InChI is InChI=1S/C32H56O/c1-7-8-9-18-32(33)21-20-30(5)25(22-32)13-14-26-28-16-15-27(24(4)12-10-11-23(2)3)31(28,6)19-17-29(26)30/h13,23-24,26-29,33H,7-12,14-22H2,1-6H3/t24-,26+,27-,28+,29+,30+,31-,32?/m1/s1. The smallest absolute Gasteiger partial charge is 0.0685 e. The van der Waals surface area contributed by atoms with Gasteiger partial charge in [0.05, 0.1) is 5.60 Å². The maximum Gasteiger partial charge on any atom is 0.0685 e. The van der Waals surface area contributed by atoms with Crippen molar-refractivity contribution in [1.82, 2.24) is 0 Å². The summed E-state index contributed by atoms with van der Waals surface area (Å²) in [5.74, 6) is 5.40. The normalized spacial score (nSPS) is 43.6. The highest BCUT2D eigenvalue weighted by molar-refractivity contribution is 5.27. The van der Waals surface area contributed by atoms with Crippen molar-refractivity contribution in [2.45, 2.75) is 143 Å². The molecule has 0 saturated heterocycles. The largest absolute Gasteiger partial charge is 0.390 e. The first-order valence-electron chi connectivity index (χ1n) is 15.0. The Morgan fingerprint density at radius 2 is 1.73 bits per heavy atom. The first-order chi connectivity index (χ1) is 15.6. The molecule has 1 heteroatoms. The molecule has 4 aliphatic rings. The molecule has 4 aliphatic carbocycles. The topological polar surface area (TPSA) is 20.2 Å². The van der Waals surface area contributed by atoms with Crippen molar-refractivity contribution in [3.63, 3.8) is 0 Å². The van der Waals surface area contributed by atoms with Gasteiger partial charge in [0.2, 0.25) is 0 Å². The molecule has 190 valence electrons. The fraction of sp³-hybridized carbons (Fsp3) is 0.938. The van der Waals surface area contributed by atoms with Gasteiger partial charge in [-0.15, -0.1) is 0 Å². The van der Waals surface area contributed by atoms with E-state index in [9.17, 15) is 5.11 Å². The number of hydrogen-bond acceptors (Lipinski definition) is 1. The molecule has 33 heavy (non-hydrogen) atoms. The Morgan fingerprint density at radius 3 is 2.45 bits per heavy atom. The third-order valence-electron chi connectivity index (χ3n) is 11.7. The van der Waals surface area contributed by atoms with Gasteiger partial charge < -0.3 is 5.11 Å². The molecule has 1 unspecified atom stereocenters. The Balaban J connectivity index is 1.45. The van der Waals surface area contributed by atoms with Crippen LogP contribution in [0.15, 0.2) is 11.6 Å². The lowest BCUT2D eigenvalue weighted by molar-refractivity contribution is -0.0770. The van der Waals surface area contributed by atoms with Crippen LogP contribution in [0.5, 0.6) is 0 Å². The van der Waals surface area contributed by atoms with E-state index in [1.165, 1.54) is 77.0 Å². The molecule has 0 spiro atoms. The Bertz CT molecular complexity index is 693. The van der Waals surface area contributed by atoms with Gasteiger partial charge in [-0.05, 0) is 104 Å². The minimum atomic E-state index is -0.416. The summed E-state index contributed by atoms with van der Waals surface area (Å²) in [7, 11) is 0. The van der Waals surface area contributed by atoms with Crippen LogP contribution < -0.4 is 0 Å². The molecule has 0 heterocycles. The molecule has 1 N–H and O–H groups in total. The molecular formula is C32H56O. The molecule has 0 radical (unpaired) electrons. The van der Waals surface area contributed by atoms with Crippen molar-refractivity contribution >= 4 is 0 Å². The van der Waals surface area contributed by atoms with Gasteiger partial charge in [-0.2, -0.15) is 0 Å². The summed E-state index contributed by atoms with van der Waals surface area (Å²) in [5.41, 5.74) is 2.17. The van der Waals surface area contributed by atoms with Crippen molar-refractivity contribution in [2.75, 3.05) is 0 Å². The lowest BCUT2D eigenvalue weighted by Crippen LogP contribution is -2.52. The average Bonchev–Trinajstić information content (AvgIpc) is 3.11. The number of rotatable bonds is 9. The zero-order chi connectivity index (χ0) is 23.9. The average molecular weight is 457 g/mol. The van der Waals surface area contributed by atoms with Gasteiger partial charge in [-0.1, -0.05) is 91.7 Å². The Hall–Kier alpha value is -0.300. The van der Waals surface area contributed by atoms with E-state index in [1.807, 2.05) is 0 Å². The number of fused-ring (bicyclic) bond motifs is 5. The van der Waals surface area contributed by atoms with Gasteiger partial charge in [0.1, 0.15) is 0 Å². The van der Waals surface area contributed by atoms with E-state index in [0.717, 1.165) is 54.8 Å². The molecular weight excluding hydrogens is 400 g/mol. The van der Waals surface area contributed by atoms with Gasteiger partial charge in [-0.25, -0.2) is 0 Å². The van der Waals surface area contributed by atoms with Crippen LogP contribution in [0, 0.1) is 46.3 Å². The molecule has 0 aromatic carbocycles. The van der Waals surface area contributed by atoms with Crippen LogP contribution in [0.1, 0.15) is 138 Å². The van der Waals surface area contributed by atoms with Crippen LogP contribution in [0.25, 0.3) is 0 Å². The Kier molecular flexibility index (Phi) is 7.80. The fourth-order valence-electron chi connectivity index (χ4n) is 9.65. The maximum absolute atomic E-state index is 11.4. The number of allylic oxidation sites excluding steroid dienone is 1. The monoisotopic (exact) mass is 456 g/mol. The van der Waals surface area contributed by atoms with E-state index in [-0.39, 0.29) is 0 Å². The molecule has 1 nitrogen and oxygen atoms in total. The quantitative estimate of drug-likeness (QED) is 0.270. The van der Waals surface area contributed by atoms with Crippen LogP contribution in [-0.2, 0) is 0 Å². The summed E-state index contributed by atoms with van der Waals surface area (Å²) < 4.78 is 0. The van der Waals surface area contributed by atoms with Crippen molar-refractivity contribution in [3.05, 3.63) is 11.6 Å².